The van der Waals surface area contributed by atoms with Crippen LogP contribution in [0.4, 0.5) is 17.6 Å². The molecule has 1 fully saturated rings. The number of aliphatic hydroxyl groups excluding tert-OH is 1. The molecule has 0 aliphatic carbocycles. The Morgan fingerprint density at radius 1 is 0.886 bits per heavy atom. The van der Waals surface area contributed by atoms with Crippen molar-refractivity contribution >= 4 is 7.82 Å². The van der Waals surface area contributed by atoms with Crippen molar-refractivity contribution in [2.45, 2.75) is 127 Å². The summed E-state index contributed by atoms with van der Waals surface area (Å²) in [5.74, 6) is -1.20. The van der Waals surface area contributed by atoms with Crippen molar-refractivity contribution < 1.29 is 50.6 Å². The molecule has 1 aliphatic heterocycles. The number of aromatic amines is 1. The highest BCUT2D eigenvalue weighted by Crippen LogP contribution is 2.44. The van der Waals surface area contributed by atoms with Crippen molar-refractivity contribution in [1.29, 1.82) is 0 Å². The van der Waals surface area contributed by atoms with Gasteiger partial charge in [-0.05, 0) is 12.8 Å². The van der Waals surface area contributed by atoms with E-state index in [0.29, 0.717) is 19.2 Å². The van der Waals surface area contributed by atoms with Gasteiger partial charge in [-0.1, -0.05) is 77.0 Å². The number of phosphoric ester groups is 1. The van der Waals surface area contributed by atoms with Crippen LogP contribution in [0.25, 0.3) is 0 Å². The van der Waals surface area contributed by atoms with E-state index in [1.807, 2.05) is 0 Å². The normalized spacial score (nSPS) is 20.3. The minimum Gasteiger partial charge on any atom is -0.390 e. The van der Waals surface area contributed by atoms with Crippen LogP contribution >= 0.6 is 7.82 Å². The molecule has 2 rings (SSSR count). The molecule has 0 spiro atoms. The Bertz CT molecular complexity index is 1100. The van der Waals surface area contributed by atoms with Crippen LogP contribution in [-0.2, 0) is 23.1 Å². The highest BCUT2D eigenvalue weighted by atomic mass is 31.2. The van der Waals surface area contributed by atoms with Gasteiger partial charge in [-0.15, -0.1) is 0 Å². The number of rotatable bonds is 24. The van der Waals surface area contributed by atoms with Crippen LogP contribution in [0.15, 0.2) is 15.8 Å². The van der Waals surface area contributed by atoms with Gasteiger partial charge < -0.3 is 19.5 Å². The molecule has 0 radical (unpaired) electrons. The number of H-pyrrole nitrogens is 1. The van der Waals surface area contributed by atoms with E-state index in [1.54, 1.807) is 4.98 Å². The fourth-order valence-electron chi connectivity index (χ4n) is 4.88. The first-order valence-corrected chi connectivity index (χ1v) is 17.0. The van der Waals surface area contributed by atoms with Crippen molar-refractivity contribution in [3.8, 4) is 0 Å². The molecule has 44 heavy (non-hydrogen) atoms. The lowest BCUT2D eigenvalue weighted by atomic mass is 10.0. The Labute approximate surface area is 254 Å². The number of halogens is 4. The van der Waals surface area contributed by atoms with Crippen molar-refractivity contribution in [3.05, 3.63) is 32.9 Å². The van der Waals surface area contributed by atoms with Crippen LogP contribution in [0, 0.1) is 5.82 Å². The molecule has 4 atom stereocenters. The number of phosphoric acid groups is 1. The fourth-order valence-corrected chi connectivity index (χ4v) is 5.60. The number of alkyl halides is 3. The number of aliphatic hydroxyl groups is 1. The lowest BCUT2D eigenvalue weighted by molar-refractivity contribution is -0.135. The van der Waals surface area contributed by atoms with Gasteiger partial charge in [0, 0.05) is 19.4 Å². The number of hydrogen-bond donors (Lipinski definition) is 3. The Morgan fingerprint density at radius 2 is 1.43 bits per heavy atom. The van der Waals surface area contributed by atoms with Crippen LogP contribution in [0.1, 0.15) is 109 Å². The van der Waals surface area contributed by atoms with Crippen LogP contribution in [0.3, 0.4) is 0 Å². The van der Waals surface area contributed by atoms with E-state index < -0.39 is 62.5 Å². The quantitative estimate of drug-likeness (QED) is 0.0700. The van der Waals surface area contributed by atoms with E-state index in [1.165, 1.54) is 25.7 Å². The number of nitrogens with one attached hydrogen (secondary N) is 1. The number of hydrogen-bond acceptors (Lipinski definition) is 8. The zero-order valence-electron chi connectivity index (χ0n) is 25.1. The SMILES string of the molecule is O=c1[nH]c(=O)n([C@H]2C[C@H](O)[C@@H](COP(=O)(O)OCCOCCCCCCCCCCCCCCCCC(F)(F)F)O2)cc1F. The molecular formula is C28H47F4N2O9P. The molecule has 0 amide bonds. The van der Waals surface area contributed by atoms with Gasteiger partial charge in [0.15, 0.2) is 0 Å². The molecular weight excluding hydrogens is 615 g/mol. The summed E-state index contributed by atoms with van der Waals surface area (Å²) in [7, 11) is -4.47. The minimum absolute atomic E-state index is 0.0901. The Balaban J connectivity index is 1.39. The van der Waals surface area contributed by atoms with Gasteiger partial charge in [0.1, 0.15) is 12.3 Å². The van der Waals surface area contributed by atoms with E-state index in [4.69, 9.17) is 18.5 Å². The second-order valence-corrected chi connectivity index (χ2v) is 12.6. The molecule has 1 aliphatic rings. The number of nitrogens with zero attached hydrogens (tertiary/aromatic N) is 1. The number of ether oxygens (including phenoxy) is 2. The molecule has 2 heterocycles. The first kappa shape index (κ1) is 38.6. The third-order valence-corrected chi connectivity index (χ3v) is 8.31. The molecule has 16 heteroatoms. The Hall–Kier alpha value is -1.61. The van der Waals surface area contributed by atoms with Crippen LogP contribution in [-0.4, -0.2) is 64.4 Å². The first-order chi connectivity index (χ1) is 20.9. The van der Waals surface area contributed by atoms with Gasteiger partial charge in [-0.25, -0.2) is 9.36 Å². The van der Waals surface area contributed by atoms with Crippen LogP contribution < -0.4 is 11.2 Å². The fraction of sp³-hybridized carbons (Fsp3) is 0.857. The predicted octanol–water partition coefficient (Wildman–Crippen LogP) is 5.89. The van der Waals surface area contributed by atoms with E-state index >= 15 is 0 Å². The Morgan fingerprint density at radius 3 is 2.00 bits per heavy atom. The van der Waals surface area contributed by atoms with Gasteiger partial charge >= 0.3 is 19.7 Å². The molecule has 1 unspecified atom stereocenters. The monoisotopic (exact) mass is 662 g/mol. The van der Waals surface area contributed by atoms with Crippen molar-refractivity contribution in [1.82, 2.24) is 9.55 Å². The summed E-state index contributed by atoms with van der Waals surface area (Å²) >= 11 is 0. The van der Waals surface area contributed by atoms with Crippen LogP contribution in [0.2, 0.25) is 0 Å². The Kier molecular flexibility index (Phi) is 18.0. The summed E-state index contributed by atoms with van der Waals surface area (Å²) in [6.07, 6.45) is 6.30. The van der Waals surface area contributed by atoms with Crippen LogP contribution in [0.5, 0.6) is 0 Å². The van der Waals surface area contributed by atoms with E-state index in [9.17, 15) is 41.7 Å². The lowest BCUT2D eigenvalue weighted by Crippen LogP contribution is -2.34. The van der Waals surface area contributed by atoms with Gasteiger partial charge in [0.05, 0.1) is 32.1 Å². The number of aromatic nitrogens is 2. The molecule has 11 nitrogen and oxygen atoms in total. The molecule has 256 valence electrons. The molecule has 1 aromatic heterocycles. The minimum atomic E-state index is -4.47. The van der Waals surface area contributed by atoms with Gasteiger partial charge in [-0.2, -0.15) is 17.6 Å². The average Bonchev–Trinajstić information content (AvgIpc) is 3.32. The standard InChI is InChI=1S/C28H47F4N2O9P/c29-22-20-34(27(37)33-26(22)36)25-19-23(35)24(43-25)21-42-44(38,39)41-18-17-40-16-14-12-10-8-6-4-2-1-3-5-7-9-11-13-15-28(30,31)32/h20,23-25,35H,1-19,21H2,(H,38,39)(H,33,36,37)/t23-,24+,25+/m0/s1. The highest BCUT2D eigenvalue weighted by Gasteiger charge is 2.37. The zero-order valence-corrected chi connectivity index (χ0v) is 26.0. The van der Waals surface area contributed by atoms with Gasteiger partial charge in [-0.3, -0.25) is 23.4 Å². The van der Waals surface area contributed by atoms with Gasteiger partial charge in [0.2, 0.25) is 5.82 Å². The predicted molar refractivity (Wildman–Crippen MR) is 154 cm³/mol. The summed E-state index contributed by atoms with van der Waals surface area (Å²) in [6.45, 7) is -0.129. The summed E-state index contributed by atoms with van der Waals surface area (Å²) < 4.78 is 83.3. The molecule has 0 aromatic carbocycles. The molecule has 1 aromatic rings. The lowest BCUT2D eigenvalue weighted by Gasteiger charge is -2.18. The molecule has 3 N–H and O–H groups in total. The average molecular weight is 663 g/mol. The number of unbranched alkanes of at least 4 members (excludes halogenated alkanes) is 13. The summed E-state index contributed by atoms with van der Waals surface area (Å²) in [5.41, 5.74) is -2.11. The second kappa shape index (κ2) is 20.5. The van der Waals surface area contributed by atoms with E-state index in [0.717, 1.165) is 55.9 Å². The summed E-state index contributed by atoms with van der Waals surface area (Å²) in [6, 6.07) is 0. The topological polar surface area (TPSA) is 149 Å². The maximum absolute atomic E-state index is 13.5. The molecule has 0 saturated carbocycles. The summed E-state index contributed by atoms with van der Waals surface area (Å²) in [4.78, 5) is 34.7. The van der Waals surface area contributed by atoms with Crippen molar-refractivity contribution in [2.75, 3.05) is 26.4 Å². The maximum atomic E-state index is 13.5. The first-order valence-electron chi connectivity index (χ1n) is 15.5. The maximum Gasteiger partial charge on any atom is 0.472 e. The molecule has 1 saturated heterocycles. The molecule has 0 bridgehead atoms. The van der Waals surface area contributed by atoms with Crippen molar-refractivity contribution in [3.63, 3.8) is 0 Å². The zero-order chi connectivity index (χ0) is 32.4. The van der Waals surface area contributed by atoms with Crippen molar-refractivity contribution in [2.24, 2.45) is 0 Å². The third kappa shape index (κ3) is 16.6. The van der Waals surface area contributed by atoms with E-state index in [-0.39, 0.29) is 26.1 Å². The van der Waals surface area contributed by atoms with Gasteiger partial charge in [0.25, 0.3) is 5.56 Å². The summed E-state index contributed by atoms with van der Waals surface area (Å²) in [5, 5.41) is 10.2. The van der Waals surface area contributed by atoms with E-state index in [2.05, 4.69) is 0 Å². The third-order valence-electron chi connectivity index (χ3n) is 7.32. The second-order valence-electron chi connectivity index (χ2n) is 11.1. The highest BCUT2D eigenvalue weighted by molar-refractivity contribution is 7.47. The largest absolute Gasteiger partial charge is 0.472 e. The smallest absolute Gasteiger partial charge is 0.390 e.